The molecule has 3 amide bonds. The van der Waals surface area contributed by atoms with Crippen LogP contribution in [0.2, 0.25) is 0 Å². The summed E-state index contributed by atoms with van der Waals surface area (Å²) in [6.07, 6.45) is 0. The largest absolute Gasteiger partial charge is 0.365 e. The highest BCUT2D eigenvalue weighted by molar-refractivity contribution is 6.05. The molecule has 0 aliphatic carbocycles. The van der Waals surface area contributed by atoms with Crippen LogP contribution in [0, 0.1) is 20.8 Å². The number of carbonyl (C=O) groups excluding carboxylic acids is 2. The van der Waals surface area contributed by atoms with E-state index >= 15 is 0 Å². The van der Waals surface area contributed by atoms with Crippen molar-refractivity contribution in [2.75, 3.05) is 10.6 Å². The van der Waals surface area contributed by atoms with Gasteiger partial charge in [-0.2, -0.15) is 0 Å². The van der Waals surface area contributed by atoms with Gasteiger partial charge in [0.1, 0.15) is 5.82 Å². The number of hydrogen-bond acceptors (Lipinski definition) is 3. The van der Waals surface area contributed by atoms with Gasteiger partial charge in [0.15, 0.2) is 0 Å². The van der Waals surface area contributed by atoms with Gasteiger partial charge >= 0.3 is 6.03 Å². The first-order valence-electron chi connectivity index (χ1n) is 6.79. The first-order valence-corrected chi connectivity index (χ1v) is 6.79. The molecule has 0 aliphatic heterocycles. The van der Waals surface area contributed by atoms with Crippen LogP contribution >= 0.6 is 0 Å². The lowest BCUT2D eigenvalue weighted by molar-refractivity contribution is 0.100. The lowest BCUT2D eigenvalue weighted by Crippen LogP contribution is -2.24. The molecule has 0 unspecified atom stereocenters. The van der Waals surface area contributed by atoms with Crippen LogP contribution in [0.15, 0.2) is 30.3 Å². The third kappa shape index (κ3) is 3.60. The Morgan fingerprint density at radius 1 is 1.05 bits per heavy atom. The van der Waals surface area contributed by atoms with Gasteiger partial charge in [0.05, 0.1) is 5.56 Å². The van der Waals surface area contributed by atoms with Crippen molar-refractivity contribution in [3.8, 4) is 0 Å². The minimum absolute atomic E-state index is 0.162. The quantitative estimate of drug-likeness (QED) is 0.812. The fourth-order valence-corrected chi connectivity index (χ4v) is 2.15. The maximum atomic E-state index is 12.0. The van der Waals surface area contributed by atoms with E-state index in [0.717, 1.165) is 5.56 Å². The van der Waals surface area contributed by atoms with Crippen LogP contribution in [0.4, 0.5) is 16.3 Å². The maximum Gasteiger partial charge on any atom is 0.324 e. The highest BCUT2D eigenvalue weighted by Gasteiger charge is 2.16. The van der Waals surface area contributed by atoms with Gasteiger partial charge in [-0.3, -0.25) is 10.1 Å². The summed E-state index contributed by atoms with van der Waals surface area (Å²) < 4.78 is 0. The normalized spacial score (nSPS) is 10.1. The molecule has 2 aromatic rings. The highest BCUT2D eigenvalue weighted by atomic mass is 16.2. The molecule has 0 saturated heterocycles. The molecule has 6 nitrogen and oxygen atoms in total. The smallest absolute Gasteiger partial charge is 0.324 e. The topological polar surface area (TPSA) is 97.1 Å². The molecule has 114 valence electrons. The zero-order valence-electron chi connectivity index (χ0n) is 12.7. The van der Waals surface area contributed by atoms with E-state index in [1.807, 2.05) is 19.1 Å². The van der Waals surface area contributed by atoms with Crippen molar-refractivity contribution in [1.82, 2.24) is 4.98 Å². The fourth-order valence-electron chi connectivity index (χ4n) is 2.15. The summed E-state index contributed by atoms with van der Waals surface area (Å²) in [6.45, 7) is 5.49. The molecule has 1 aromatic carbocycles. The molecule has 0 saturated carbocycles. The second-order valence-corrected chi connectivity index (χ2v) is 5.11. The second kappa shape index (κ2) is 6.26. The molecule has 0 atom stereocenters. The first kappa shape index (κ1) is 15.5. The average molecular weight is 298 g/mol. The van der Waals surface area contributed by atoms with Gasteiger partial charge < -0.3 is 11.1 Å². The van der Waals surface area contributed by atoms with E-state index in [9.17, 15) is 9.59 Å². The van der Waals surface area contributed by atoms with E-state index in [1.54, 1.807) is 32.0 Å². The van der Waals surface area contributed by atoms with Gasteiger partial charge in [0.25, 0.3) is 5.91 Å². The zero-order valence-corrected chi connectivity index (χ0v) is 12.7. The molecule has 1 aromatic heterocycles. The van der Waals surface area contributed by atoms with Gasteiger partial charge in [-0.15, -0.1) is 0 Å². The van der Waals surface area contributed by atoms with Gasteiger partial charge in [-0.1, -0.05) is 17.7 Å². The predicted molar refractivity (Wildman–Crippen MR) is 86.0 cm³/mol. The van der Waals surface area contributed by atoms with Crippen LogP contribution in [0.3, 0.4) is 0 Å². The molecule has 22 heavy (non-hydrogen) atoms. The third-order valence-electron chi connectivity index (χ3n) is 3.13. The highest BCUT2D eigenvalue weighted by Crippen LogP contribution is 2.18. The molecule has 4 N–H and O–H groups in total. The number of aromatic nitrogens is 1. The number of amides is 3. The Labute approximate surface area is 128 Å². The average Bonchev–Trinajstić information content (AvgIpc) is 2.40. The van der Waals surface area contributed by atoms with Gasteiger partial charge in [-0.05, 0) is 44.5 Å². The van der Waals surface area contributed by atoms with Crippen molar-refractivity contribution < 1.29 is 9.59 Å². The van der Waals surface area contributed by atoms with E-state index in [0.29, 0.717) is 16.9 Å². The Kier molecular flexibility index (Phi) is 4.41. The minimum atomic E-state index is -0.629. The summed E-state index contributed by atoms with van der Waals surface area (Å²) in [4.78, 5) is 27.8. The van der Waals surface area contributed by atoms with Gasteiger partial charge in [0, 0.05) is 11.4 Å². The maximum absolute atomic E-state index is 12.0. The summed E-state index contributed by atoms with van der Waals surface area (Å²) in [5.41, 5.74) is 8.67. The van der Waals surface area contributed by atoms with Crippen molar-refractivity contribution in [3.63, 3.8) is 0 Å². The van der Waals surface area contributed by atoms with E-state index in [2.05, 4.69) is 15.6 Å². The standard InChI is InChI=1S/C16H18N4O2/c1-9-4-6-12(7-5-9)19-16(22)20-15-13(14(17)21)10(2)8-11(3)18-15/h4-8H,1-3H3,(H2,17,21)(H2,18,19,20,22). The molecule has 1 heterocycles. The van der Waals surface area contributed by atoms with Crippen molar-refractivity contribution in [2.45, 2.75) is 20.8 Å². The van der Waals surface area contributed by atoms with Crippen LogP contribution in [-0.4, -0.2) is 16.9 Å². The van der Waals surface area contributed by atoms with Crippen LogP contribution in [-0.2, 0) is 0 Å². The predicted octanol–water partition coefficient (Wildman–Crippen LogP) is 2.75. The summed E-state index contributed by atoms with van der Waals surface area (Å²) in [6, 6.07) is 8.61. The Morgan fingerprint density at radius 2 is 1.68 bits per heavy atom. The zero-order chi connectivity index (χ0) is 16.3. The number of pyridine rings is 1. The minimum Gasteiger partial charge on any atom is -0.365 e. The number of aryl methyl sites for hydroxylation is 3. The number of nitrogens with zero attached hydrogens (tertiary/aromatic N) is 1. The Balaban J connectivity index is 2.21. The van der Waals surface area contributed by atoms with Crippen LogP contribution in [0.5, 0.6) is 0 Å². The Morgan fingerprint density at radius 3 is 2.27 bits per heavy atom. The van der Waals surface area contributed by atoms with E-state index < -0.39 is 11.9 Å². The summed E-state index contributed by atoms with van der Waals surface area (Å²) >= 11 is 0. The van der Waals surface area contributed by atoms with E-state index in [4.69, 9.17) is 5.73 Å². The number of rotatable bonds is 3. The van der Waals surface area contributed by atoms with Gasteiger partial charge in [0.2, 0.25) is 0 Å². The van der Waals surface area contributed by atoms with Crippen molar-refractivity contribution >= 4 is 23.4 Å². The molecule has 0 aliphatic rings. The van der Waals surface area contributed by atoms with Crippen LogP contribution in [0.1, 0.15) is 27.2 Å². The number of nitrogens with one attached hydrogen (secondary N) is 2. The van der Waals surface area contributed by atoms with E-state index in [1.165, 1.54) is 0 Å². The SMILES string of the molecule is Cc1ccc(NC(=O)Nc2nc(C)cc(C)c2C(N)=O)cc1. The molecule has 0 bridgehead atoms. The third-order valence-corrected chi connectivity index (χ3v) is 3.13. The number of anilines is 2. The Bertz CT molecular complexity index is 724. The molecule has 2 rings (SSSR count). The number of carbonyl (C=O) groups is 2. The lowest BCUT2D eigenvalue weighted by atomic mass is 10.1. The molecule has 0 fully saturated rings. The van der Waals surface area contributed by atoms with Gasteiger partial charge in [-0.25, -0.2) is 9.78 Å². The van der Waals surface area contributed by atoms with Crippen molar-refractivity contribution in [3.05, 3.63) is 52.7 Å². The molecular weight excluding hydrogens is 280 g/mol. The van der Waals surface area contributed by atoms with Crippen LogP contribution < -0.4 is 16.4 Å². The van der Waals surface area contributed by atoms with Crippen molar-refractivity contribution in [2.24, 2.45) is 5.73 Å². The summed E-state index contributed by atoms with van der Waals surface area (Å²) in [7, 11) is 0. The first-order chi connectivity index (χ1) is 10.4. The number of nitrogens with two attached hydrogens (primary N) is 1. The summed E-state index contributed by atoms with van der Waals surface area (Å²) in [5, 5.41) is 5.26. The number of primary amides is 1. The van der Waals surface area contributed by atoms with Crippen molar-refractivity contribution in [1.29, 1.82) is 0 Å². The monoisotopic (exact) mass is 298 g/mol. The molecule has 0 radical (unpaired) electrons. The Hall–Kier alpha value is -2.89. The molecule has 6 heteroatoms. The molecular formula is C16H18N4O2. The number of hydrogen-bond donors (Lipinski definition) is 3. The lowest BCUT2D eigenvalue weighted by Gasteiger charge is -2.12. The fraction of sp³-hybridized carbons (Fsp3) is 0.188. The van der Waals surface area contributed by atoms with E-state index in [-0.39, 0.29) is 11.4 Å². The number of benzene rings is 1. The number of urea groups is 1. The van der Waals surface area contributed by atoms with Crippen LogP contribution in [0.25, 0.3) is 0 Å². The molecule has 0 spiro atoms. The second-order valence-electron chi connectivity index (χ2n) is 5.11. The summed E-state index contributed by atoms with van der Waals surface area (Å²) in [5.74, 6) is -0.467.